The van der Waals surface area contributed by atoms with Gasteiger partial charge in [-0.15, -0.1) is 6.58 Å². The third-order valence-electron chi connectivity index (χ3n) is 13.2. The topological polar surface area (TPSA) is 110 Å². The number of phenols is 1. The molecule has 9 rings (SSSR count). The number of allylic oxidation sites excluding steroid dienone is 5. The van der Waals surface area contributed by atoms with Gasteiger partial charge in [0.1, 0.15) is 17.2 Å². The number of aromatic hydroxyl groups is 1. The van der Waals surface area contributed by atoms with E-state index < -0.39 is 35.0 Å². The maximum absolute atomic E-state index is 15.4. The molecule has 4 aliphatic rings. The molecule has 8 heteroatoms. The van der Waals surface area contributed by atoms with Gasteiger partial charge in [-0.2, -0.15) is 0 Å². The average molecular weight is 808 g/mol. The second-order valence-electron chi connectivity index (χ2n) is 16.2. The minimum atomic E-state index is -1.44. The maximum Gasteiger partial charge on any atom is 0.238 e. The number of carbonyl (C=O) groups excluding carboxylic acids is 4. The summed E-state index contributed by atoms with van der Waals surface area (Å²) in [6, 6.07) is 36.9. The summed E-state index contributed by atoms with van der Waals surface area (Å²) in [5.74, 6) is -3.40. The molecule has 2 fully saturated rings. The predicted octanol–water partition coefficient (Wildman–Crippen LogP) is 9.34. The van der Waals surface area contributed by atoms with E-state index in [1.54, 1.807) is 32.4 Å². The lowest BCUT2D eigenvalue weighted by Crippen LogP contribution is -2.58. The van der Waals surface area contributed by atoms with Crippen LogP contribution >= 0.6 is 0 Å². The Morgan fingerprint density at radius 3 is 2.25 bits per heavy atom. The van der Waals surface area contributed by atoms with Crippen LogP contribution in [0.25, 0.3) is 17.7 Å². The lowest BCUT2D eigenvalue weighted by molar-refractivity contribution is -0.135. The highest BCUT2D eigenvalue weighted by atomic mass is 16.5. The number of hydrogen-bond acceptors (Lipinski definition) is 7. The second kappa shape index (κ2) is 15.8. The molecule has 5 aromatic rings. The number of amides is 2. The minimum absolute atomic E-state index is 0.0256. The highest BCUT2D eigenvalue weighted by Gasteiger charge is 2.66. The van der Waals surface area contributed by atoms with Crippen LogP contribution in [-0.4, -0.2) is 42.7 Å². The number of imide groups is 1. The highest BCUT2D eigenvalue weighted by molar-refractivity contribution is 6.32. The van der Waals surface area contributed by atoms with E-state index in [0.29, 0.717) is 51.4 Å². The third kappa shape index (κ3) is 6.36. The van der Waals surface area contributed by atoms with Crippen LogP contribution in [0.5, 0.6) is 17.2 Å². The summed E-state index contributed by atoms with van der Waals surface area (Å²) in [6.45, 7) is 3.90. The van der Waals surface area contributed by atoms with E-state index in [0.717, 1.165) is 16.7 Å². The van der Waals surface area contributed by atoms with Gasteiger partial charge < -0.3 is 14.6 Å². The highest BCUT2D eigenvalue weighted by Crippen LogP contribution is 2.64. The van der Waals surface area contributed by atoms with E-state index >= 15 is 9.59 Å². The SMILES string of the molecule is C=CCc1cccc([C@H]2C3=CC[C@@H]4C(=O)N(c5ccc(C=Cc6cc(OC)ccc6OC)cc5)C(=O)[C@@H]4[C@@H]3C[C@H]3C(=O)C(c4ccccc4)=CC(=O)[C@@]23c2ccccc2)c1O. The molecule has 0 radical (unpaired) electrons. The van der Waals surface area contributed by atoms with Crippen LogP contribution in [0.4, 0.5) is 5.69 Å². The van der Waals surface area contributed by atoms with Gasteiger partial charge in [0.15, 0.2) is 11.6 Å². The Hall–Kier alpha value is -7.06. The van der Waals surface area contributed by atoms with E-state index in [1.165, 1.54) is 11.0 Å². The fourth-order valence-electron chi connectivity index (χ4n) is 10.5. The van der Waals surface area contributed by atoms with E-state index in [2.05, 4.69) is 6.58 Å². The molecule has 304 valence electrons. The van der Waals surface area contributed by atoms with Crippen molar-refractivity contribution in [3.05, 3.63) is 185 Å². The molecular formula is C53H45NO7. The van der Waals surface area contributed by atoms with Crippen molar-refractivity contribution in [3.63, 3.8) is 0 Å². The van der Waals surface area contributed by atoms with Gasteiger partial charge in [-0.25, -0.2) is 0 Å². The summed E-state index contributed by atoms with van der Waals surface area (Å²) in [4.78, 5) is 61.3. The number of ketones is 2. The smallest absolute Gasteiger partial charge is 0.238 e. The van der Waals surface area contributed by atoms with Crippen molar-refractivity contribution in [1.82, 2.24) is 0 Å². The van der Waals surface area contributed by atoms with Crippen molar-refractivity contribution in [2.45, 2.75) is 30.6 Å². The Morgan fingerprint density at radius 2 is 1.54 bits per heavy atom. The van der Waals surface area contributed by atoms with Crippen molar-refractivity contribution in [1.29, 1.82) is 0 Å². The van der Waals surface area contributed by atoms with E-state index in [-0.39, 0.29) is 42.0 Å². The van der Waals surface area contributed by atoms with Crippen molar-refractivity contribution in [2.75, 3.05) is 19.1 Å². The molecule has 8 nitrogen and oxygen atoms in total. The average Bonchev–Trinajstić information content (AvgIpc) is 3.56. The van der Waals surface area contributed by atoms with Gasteiger partial charge in [0.05, 0.1) is 37.2 Å². The van der Waals surface area contributed by atoms with E-state index in [9.17, 15) is 14.7 Å². The number of fused-ring (bicyclic) bond motifs is 4. The van der Waals surface area contributed by atoms with Crippen LogP contribution in [0.2, 0.25) is 0 Å². The second-order valence-corrected chi connectivity index (χ2v) is 16.2. The standard InChI is InChI=1S/C53H45NO7/c1-4-12-34-15-11-18-41(49(34)56)48-39-26-27-40-47(52(59)54(51(40)58)37-23-20-32(21-24-37)19-22-35-29-38(60-2)25-28-45(35)61-3)43(39)30-44-50(57)42(33-13-7-5-8-14-33)31-46(55)53(44,48)36-16-9-6-10-17-36/h4-11,13-26,28-29,31,40,43-44,47-48,56H,1,12,27,30H2,2-3H3/t40-,43+,44-,47-,48+,53-/m0/s1. The molecule has 1 saturated heterocycles. The van der Waals surface area contributed by atoms with Crippen molar-refractivity contribution in [2.24, 2.45) is 23.7 Å². The first-order valence-electron chi connectivity index (χ1n) is 20.6. The first-order chi connectivity index (χ1) is 29.7. The first-order valence-corrected chi connectivity index (χ1v) is 20.6. The van der Waals surface area contributed by atoms with Crippen molar-refractivity contribution in [3.8, 4) is 17.2 Å². The van der Waals surface area contributed by atoms with Gasteiger partial charge in [-0.1, -0.05) is 121 Å². The van der Waals surface area contributed by atoms with E-state index in [4.69, 9.17) is 9.47 Å². The molecule has 2 amide bonds. The number of phenolic OH excluding ortho intramolecular Hbond substituents is 1. The third-order valence-corrected chi connectivity index (χ3v) is 13.2. The van der Waals surface area contributed by atoms with Gasteiger partial charge >= 0.3 is 0 Å². The van der Waals surface area contributed by atoms with Gasteiger partial charge in [-0.05, 0) is 83.8 Å². The largest absolute Gasteiger partial charge is 0.507 e. The number of rotatable bonds is 10. The molecule has 0 bridgehead atoms. The fraction of sp³-hybridized carbons (Fsp3) is 0.208. The number of ether oxygens (including phenoxy) is 2. The van der Waals surface area contributed by atoms with Crippen LogP contribution in [0.15, 0.2) is 152 Å². The summed E-state index contributed by atoms with van der Waals surface area (Å²) < 4.78 is 10.9. The zero-order chi connectivity index (χ0) is 42.4. The lowest BCUT2D eigenvalue weighted by Gasteiger charge is -2.55. The molecule has 61 heavy (non-hydrogen) atoms. The summed E-state index contributed by atoms with van der Waals surface area (Å²) in [5.41, 5.74) is 4.25. The summed E-state index contributed by atoms with van der Waals surface area (Å²) >= 11 is 0. The molecule has 0 spiro atoms. The quantitative estimate of drug-likeness (QED) is 0.0851. The molecular weight excluding hydrogens is 763 g/mol. The molecule has 3 aliphatic carbocycles. The lowest BCUT2D eigenvalue weighted by atomic mass is 9.44. The van der Waals surface area contributed by atoms with E-state index in [1.807, 2.05) is 127 Å². The number of benzene rings is 5. The summed E-state index contributed by atoms with van der Waals surface area (Å²) in [6.07, 6.45) is 9.89. The molecule has 6 atom stereocenters. The number of carbonyl (C=O) groups is 4. The number of hydrogen-bond donors (Lipinski definition) is 1. The van der Waals surface area contributed by atoms with Crippen LogP contribution in [0.3, 0.4) is 0 Å². The Kier molecular flexibility index (Phi) is 10.2. The molecule has 0 aromatic heterocycles. The minimum Gasteiger partial charge on any atom is -0.507 e. The van der Waals surface area contributed by atoms with Gasteiger partial charge in [0, 0.05) is 28.5 Å². The fourth-order valence-corrected chi connectivity index (χ4v) is 10.5. The Morgan fingerprint density at radius 1 is 0.803 bits per heavy atom. The van der Waals surface area contributed by atoms with Gasteiger partial charge in [0.25, 0.3) is 0 Å². The number of methoxy groups -OCH3 is 2. The van der Waals surface area contributed by atoms with Crippen LogP contribution < -0.4 is 14.4 Å². The molecule has 1 N–H and O–H groups in total. The number of nitrogens with zero attached hydrogens (tertiary/aromatic N) is 1. The molecule has 0 unspecified atom stereocenters. The molecule has 1 heterocycles. The maximum atomic E-state index is 15.4. The molecule has 1 saturated carbocycles. The van der Waals surface area contributed by atoms with Crippen LogP contribution in [0.1, 0.15) is 52.1 Å². The Bertz CT molecular complexity index is 2680. The number of para-hydroxylation sites is 1. The van der Waals surface area contributed by atoms with Crippen LogP contribution in [0, 0.1) is 23.7 Å². The molecule has 5 aromatic carbocycles. The zero-order valence-corrected chi connectivity index (χ0v) is 34.0. The monoisotopic (exact) mass is 807 g/mol. The predicted molar refractivity (Wildman–Crippen MR) is 236 cm³/mol. The molecule has 1 aliphatic heterocycles. The normalized spacial score (nSPS) is 24.4. The van der Waals surface area contributed by atoms with Gasteiger partial charge in [-0.3, -0.25) is 24.1 Å². The number of Topliss-reactive ketones (excluding diaryl/α,β-unsaturated/α-hetero) is 1. The van der Waals surface area contributed by atoms with Gasteiger partial charge in [0.2, 0.25) is 11.8 Å². The summed E-state index contributed by atoms with van der Waals surface area (Å²) in [7, 11) is 3.22. The van der Waals surface area contributed by atoms with Crippen molar-refractivity contribution >= 4 is 46.8 Å². The number of anilines is 1. The Balaban J connectivity index is 1.14. The summed E-state index contributed by atoms with van der Waals surface area (Å²) in [5, 5.41) is 12.1. The Labute approximate surface area is 355 Å². The first kappa shape index (κ1) is 39.4. The van der Waals surface area contributed by atoms with Crippen LogP contribution in [-0.2, 0) is 31.0 Å². The zero-order valence-electron chi connectivity index (χ0n) is 34.0. The van der Waals surface area contributed by atoms with Crippen molar-refractivity contribution < 1.29 is 33.8 Å².